The third-order valence-corrected chi connectivity index (χ3v) is 4.19. The number of carbonyl (C=O) groups excluding carboxylic acids is 2. The minimum atomic E-state index is -0.479. The first kappa shape index (κ1) is 16.6. The lowest BCUT2D eigenvalue weighted by molar-refractivity contribution is -0.128. The lowest BCUT2D eigenvalue weighted by Gasteiger charge is -2.20. The molecule has 24 heavy (non-hydrogen) atoms. The molecule has 0 aliphatic carbocycles. The number of anilines is 1. The van der Waals surface area contributed by atoms with Gasteiger partial charge in [-0.25, -0.2) is 4.79 Å². The summed E-state index contributed by atoms with van der Waals surface area (Å²) in [5, 5.41) is 5.74. The highest BCUT2D eigenvalue weighted by Crippen LogP contribution is 2.19. The highest BCUT2D eigenvalue weighted by molar-refractivity contribution is 5.99. The molecule has 0 radical (unpaired) electrons. The third kappa shape index (κ3) is 3.97. The summed E-state index contributed by atoms with van der Waals surface area (Å²) < 4.78 is 11.2. The molecule has 3 amide bonds. The Morgan fingerprint density at radius 3 is 2.88 bits per heavy atom. The average Bonchev–Trinajstić information content (AvgIpc) is 3.25. The first-order chi connectivity index (χ1) is 11.6. The number of nitrogens with one attached hydrogen (secondary N) is 2. The van der Waals surface area contributed by atoms with Crippen LogP contribution in [0.3, 0.4) is 0 Å². The highest BCUT2D eigenvalue weighted by Gasteiger charge is 2.29. The Balaban J connectivity index is 1.49. The summed E-state index contributed by atoms with van der Waals surface area (Å²) in [6, 6.07) is 6.63. The van der Waals surface area contributed by atoms with Crippen molar-refractivity contribution in [1.29, 1.82) is 0 Å². The van der Waals surface area contributed by atoms with E-state index in [9.17, 15) is 9.59 Å². The van der Waals surface area contributed by atoms with E-state index in [1.54, 1.807) is 6.92 Å². The topological polar surface area (TPSA) is 79.9 Å². The molecule has 130 valence electrons. The lowest BCUT2D eigenvalue weighted by atomic mass is 10.2. The Bertz CT molecular complexity index is 584. The number of urea groups is 1. The van der Waals surface area contributed by atoms with Crippen LogP contribution in [0.5, 0.6) is 5.75 Å². The second kappa shape index (κ2) is 7.53. The van der Waals surface area contributed by atoms with Crippen LogP contribution in [0.1, 0.15) is 19.8 Å². The van der Waals surface area contributed by atoms with E-state index < -0.39 is 6.04 Å². The number of carbonyl (C=O) groups is 2. The van der Waals surface area contributed by atoms with Gasteiger partial charge in [0.15, 0.2) is 0 Å². The second-order valence-electron chi connectivity index (χ2n) is 6.06. The number of hydrogen-bond acceptors (Lipinski definition) is 5. The van der Waals surface area contributed by atoms with E-state index in [0.29, 0.717) is 19.7 Å². The van der Waals surface area contributed by atoms with E-state index in [1.165, 1.54) is 4.90 Å². The van der Waals surface area contributed by atoms with Crippen LogP contribution >= 0.6 is 0 Å². The van der Waals surface area contributed by atoms with Gasteiger partial charge in [0.2, 0.25) is 0 Å². The molecule has 2 fully saturated rings. The molecule has 2 aliphatic heterocycles. The molecule has 1 aromatic rings. The van der Waals surface area contributed by atoms with Crippen LogP contribution < -0.4 is 15.4 Å². The van der Waals surface area contributed by atoms with Gasteiger partial charge in [-0.05, 0) is 44.0 Å². The van der Waals surface area contributed by atoms with Crippen molar-refractivity contribution in [3.63, 3.8) is 0 Å². The number of ether oxygens (including phenoxy) is 2. The predicted octanol–water partition coefficient (Wildman–Crippen LogP) is 1.60. The maximum Gasteiger partial charge on any atom is 0.324 e. The lowest BCUT2D eigenvalue weighted by Crippen LogP contribution is -2.43. The minimum absolute atomic E-state index is 0.187. The summed E-state index contributed by atoms with van der Waals surface area (Å²) in [5.41, 5.74) is 0.805. The van der Waals surface area contributed by atoms with Crippen LogP contribution in [0.25, 0.3) is 0 Å². The maximum absolute atomic E-state index is 12.2. The van der Waals surface area contributed by atoms with Crippen molar-refractivity contribution in [3.05, 3.63) is 24.3 Å². The van der Waals surface area contributed by atoms with Crippen molar-refractivity contribution in [1.82, 2.24) is 10.2 Å². The number of rotatable bonds is 6. The van der Waals surface area contributed by atoms with Crippen LogP contribution in [0.4, 0.5) is 10.5 Å². The molecule has 7 nitrogen and oxygen atoms in total. The van der Waals surface area contributed by atoms with Crippen molar-refractivity contribution in [2.24, 2.45) is 0 Å². The molecule has 0 bridgehead atoms. The Hall–Kier alpha value is -2.28. The molecular formula is C17H23N3O4. The molecule has 7 heteroatoms. The largest absolute Gasteiger partial charge is 0.491 e. The van der Waals surface area contributed by atoms with Gasteiger partial charge in [-0.15, -0.1) is 0 Å². The Labute approximate surface area is 141 Å². The van der Waals surface area contributed by atoms with Crippen molar-refractivity contribution < 1.29 is 19.1 Å². The fourth-order valence-electron chi connectivity index (χ4n) is 2.84. The Morgan fingerprint density at radius 1 is 1.46 bits per heavy atom. The van der Waals surface area contributed by atoms with Crippen LogP contribution in [0, 0.1) is 0 Å². The Morgan fingerprint density at radius 2 is 2.25 bits per heavy atom. The van der Waals surface area contributed by atoms with Crippen molar-refractivity contribution in [2.75, 3.05) is 31.6 Å². The maximum atomic E-state index is 12.2. The van der Waals surface area contributed by atoms with Gasteiger partial charge in [0.1, 0.15) is 18.4 Å². The second-order valence-corrected chi connectivity index (χ2v) is 6.06. The van der Waals surface area contributed by atoms with Gasteiger partial charge in [0.05, 0.1) is 6.10 Å². The van der Waals surface area contributed by atoms with E-state index in [0.717, 1.165) is 30.9 Å². The number of amides is 3. The average molecular weight is 333 g/mol. The highest BCUT2D eigenvalue weighted by atomic mass is 16.5. The quantitative estimate of drug-likeness (QED) is 0.826. The van der Waals surface area contributed by atoms with Gasteiger partial charge in [-0.3, -0.25) is 9.69 Å². The molecule has 0 spiro atoms. The van der Waals surface area contributed by atoms with Gasteiger partial charge in [-0.1, -0.05) is 0 Å². The molecule has 3 rings (SSSR count). The first-order valence-electron chi connectivity index (χ1n) is 8.33. The van der Waals surface area contributed by atoms with Crippen LogP contribution in [0.2, 0.25) is 0 Å². The van der Waals surface area contributed by atoms with Gasteiger partial charge < -0.3 is 20.1 Å². The smallest absolute Gasteiger partial charge is 0.324 e. The zero-order chi connectivity index (χ0) is 16.9. The van der Waals surface area contributed by atoms with Crippen molar-refractivity contribution >= 4 is 17.6 Å². The number of benzene rings is 1. The van der Waals surface area contributed by atoms with Crippen LogP contribution in [0.15, 0.2) is 24.3 Å². The molecule has 2 heterocycles. The summed E-state index contributed by atoms with van der Waals surface area (Å²) in [4.78, 5) is 25.0. The SMILES string of the molecule is C[C@H](Nc1ccc(OC[C@@H]2CCCO2)cc1)C(=O)N1CCNC1=O. The van der Waals surface area contributed by atoms with Gasteiger partial charge in [0.25, 0.3) is 5.91 Å². The summed E-state index contributed by atoms with van der Waals surface area (Å²) in [6.07, 6.45) is 2.33. The molecule has 1 aromatic carbocycles. The summed E-state index contributed by atoms with van der Waals surface area (Å²) in [6.45, 7) is 4.05. The van der Waals surface area contributed by atoms with E-state index in [2.05, 4.69) is 10.6 Å². The van der Waals surface area contributed by atoms with Crippen molar-refractivity contribution in [2.45, 2.75) is 31.9 Å². The minimum Gasteiger partial charge on any atom is -0.491 e. The van der Waals surface area contributed by atoms with Crippen LogP contribution in [-0.4, -0.2) is 55.3 Å². The predicted molar refractivity (Wildman–Crippen MR) is 89.1 cm³/mol. The van der Waals surface area contributed by atoms with Crippen LogP contribution in [-0.2, 0) is 9.53 Å². The normalized spacial score (nSPS) is 21.5. The number of nitrogens with zero attached hydrogens (tertiary/aromatic N) is 1. The van der Waals surface area contributed by atoms with E-state index in [4.69, 9.17) is 9.47 Å². The number of imide groups is 1. The molecular weight excluding hydrogens is 310 g/mol. The molecule has 2 atom stereocenters. The Kier molecular flexibility index (Phi) is 5.20. The van der Waals surface area contributed by atoms with E-state index in [1.807, 2.05) is 24.3 Å². The molecule has 2 aliphatic rings. The molecule has 0 aromatic heterocycles. The van der Waals surface area contributed by atoms with Gasteiger partial charge >= 0.3 is 6.03 Å². The summed E-state index contributed by atoms with van der Waals surface area (Å²) in [7, 11) is 0. The fourth-order valence-corrected chi connectivity index (χ4v) is 2.84. The summed E-state index contributed by atoms with van der Waals surface area (Å²) >= 11 is 0. The van der Waals surface area contributed by atoms with E-state index in [-0.39, 0.29) is 18.0 Å². The molecule has 0 unspecified atom stereocenters. The van der Waals surface area contributed by atoms with Gasteiger partial charge in [-0.2, -0.15) is 0 Å². The van der Waals surface area contributed by atoms with Gasteiger partial charge in [0, 0.05) is 25.4 Å². The fraction of sp³-hybridized carbons (Fsp3) is 0.529. The summed E-state index contributed by atoms with van der Waals surface area (Å²) in [5.74, 6) is 0.539. The first-order valence-corrected chi connectivity index (χ1v) is 8.33. The standard InChI is InChI=1S/C17H23N3O4/c1-12(16(21)20-9-8-18-17(20)22)19-13-4-6-14(7-5-13)24-11-15-3-2-10-23-15/h4-7,12,15,19H,2-3,8-11H2,1H3,(H,18,22)/t12-,15-/m0/s1. The molecule has 2 saturated heterocycles. The zero-order valence-corrected chi connectivity index (χ0v) is 13.8. The molecule has 0 saturated carbocycles. The van der Waals surface area contributed by atoms with E-state index >= 15 is 0 Å². The van der Waals surface area contributed by atoms with Crippen molar-refractivity contribution in [3.8, 4) is 5.75 Å². The number of hydrogen-bond donors (Lipinski definition) is 2. The zero-order valence-electron chi connectivity index (χ0n) is 13.8. The third-order valence-electron chi connectivity index (χ3n) is 4.19. The molecule has 2 N–H and O–H groups in total. The monoisotopic (exact) mass is 333 g/mol.